The monoisotopic (exact) mass is 369 g/mol. The summed E-state index contributed by atoms with van der Waals surface area (Å²) in [5.74, 6) is -0.389. The fraction of sp³-hybridized carbons (Fsp3) is 0.462. The molecule has 0 bridgehead atoms. The third-order valence-corrected chi connectivity index (χ3v) is 5.90. The summed E-state index contributed by atoms with van der Waals surface area (Å²) in [5, 5.41) is 2.71. The quantitative estimate of drug-likeness (QED) is 0.818. The van der Waals surface area contributed by atoms with Gasteiger partial charge >= 0.3 is 0 Å². The van der Waals surface area contributed by atoms with Crippen LogP contribution in [0.5, 0.6) is 0 Å². The Kier molecular flexibility index (Phi) is 4.78. The first kappa shape index (κ1) is 16.9. The molecule has 0 spiro atoms. The fourth-order valence-corrected chi connectivity index (χ4v) is 4.26. The molecule has 4 nitrogen and oxygen atoms in total. The molecule has 1 aliphatic carbocycles. The average Bonchev–Trinajstić information content (AvgIpc) is 2.77. The third-order valence-electron chi connectivity index (χ3n) is 3.64. The van der Waals surface area contributed by atoms with Gasteiger partial charge in [0.25, 0.3) is 15.0 Å². The van der Waals surface area contributed by atoms with Gasteiger partial charge in [-0.15, -0.1) is 0 Å². The minimum absolute atomic E-state index is 0.0277. The summed E-state index contributed by atoms with van der Waals surface area (Å²) in [5.41, 5.74) is -0.153. The number of halogens is 3. The van der Waals surface area contributed by atoms with Gasteiger partial charge in [-0.2, -0.15) is 0 Å². The molecule has 1 amide bonds. The van der Waals surface area contributed by atoms with Gasteiger partial charge in [0.05, 0.1) is 10.0 Å². The second kappa shape index (κ2) is 5.95. The zero-order chi connectivity index (χ0) is 15.8. The Labute approximate surface area is 138 Å². The van der Waals surface area contributed by atoms with E-state index in [0.717, 1.165) is 31.7 Å². The Morgan fingerprint density at radius 3 is 2.33 bits per heavy atom. The summed E-state index contributed by atoms with van der Waals surface area (Å²) < 4.78 is 23.0. The van der Waals surface area contributed by atoms with Crippen molar-refractivity contribution in [3.8, 4) is 0 Å². The summed E-state index contributed by atoms with van der Waals surface area (Å²) in [6, 6.07) is 2.48. The molecule has 0 radical (unpaired) electrons. The highest BCUT2D eigenvalue weighted by Crippen LogP contribution is 2.34. The van der Waals surface area contributed by atoms with Crippen molar-refractivity contribution in [3.05, 3.63) is 27.7 Å². The molecule has 0 atom stereocenters. The first-order chi connectivity index (χ1) is 9.62. The molecule has 0 heterocycles. The number of rotatable bonds is 3. The molecule has 1 aromatic carbocycles. The molecule has 0 saturated heterocycles. The standard InChI is InChI=1S/C13H14Cl3NO3S/c1-13(4-2-3-5-13)17-12(18)8-6-9(14)11(15)10(7-8)21(16,19)20/h6-7H,2-5H2,1H3,(H,17,18). The summed E-state index contributed by atoms with van der Waals surface area (Å²) in [6.07, 6.45) is 3.89. The van der Waals surface area contributed by atoms with Gasteiger partial charge in [0.1, 0.15) is 4.90 Å². The van der Waals surface area contributed by atoms with Crippen LogP contribution in [0.3, 0.4) is 0 Å². The van der Waals surface area contributed by atoms with E-state index in [1.54, 1.807) is 0 Å². The van der Waals surface area contributed by atoms with Gasteiger partial charge in [-0.05, 0) is 31.9 Å². The molecule has 1 aliphatic rings. The molecule has 1 aromatic rings. The molecular weight excluding hydrogens is 357 g/mol. The van der Waals surface area contributed by atoms with Gasteiger partial charge in [0.15, 0.2) is 0 Å². The highest BCUT2D eigenvalue weighted by molar-refractivity contribution is 8.13. The van der Waals surface area contributed by atoms with Crippen LogP contribution >= 0.6 is 33.9 Å². The molecule has 1 saturated carbocycles. The maximum Gasteiger partial charge on any atom is 0.262 e. The lowest BCUT2D eigenvalue weighted by Crippen LogP contribution is -2.43. The Balaban J connectivity index is 2.36. The summed E-state index contributed by atoms with van der Waals surface area (Å²) in [4.78, 5) is 11.9. The number of amides is 1. The van der Waals surface area contributed by atoms with E-state index in [1.807, 2.05) is 6.92 Å². The lowest BCUT2D eigenvalue weighted by molar-refractivity contribution is 0.0908. The molecular formula is C13H14Cl3NO3S. The molecule has 0 aromatic heterocycles. The van der Waals surface area contributed by atoms with Gasteiger partial charge in [0.2, 0.25) is 0 Å². The predicted octanol–water partition coefficient (Wildman–Crippen LogP) is 3.98. The van der Waals surface area contributed by atoms with Crippen LogP contribution in [0, 0.1) is 0 Å². The average molecular weight is 371 g/mol. The summed E-state index contributed by atoms with van der Waals surface area (Å²) in [7, 11) is 1.23. The topological polar surface area (TPSA) is 63.2 Å². The van der Waals surface area contributed by atoms with Crippen LogP contribution in [0.2, 0.25) is 10.0 Å². The van der Waals surface area contributed by atoms with Crippen LogP contribution in [-0.4, -0.2) is 19.9 Å². The second-order valence-electron chi connectivity index (χ2n) is 5.43. The number of hydrogen-bond acceptors (Lipinski definition) is 3. The molecule has 1 N–H and O–H groups in total. The van der Waals surface area contributed by atoms with Crippen LogP contribution in [0.1, 0.15) is 43.0 Å². The molecule has 21 heavy (non-hydrogen) atoms. The van der Waals surface area contributed by atoms with Crippen molar-refractivity contribution < 1.29 is 13.2 Å². The molecule has 0 aliphatic heterocycles. The first-order valence-corrected chi connectivity index (χ1v) is 9.45. The Morgan fingerprint density at radius 2 is 1.81 bits per heavy atom. The van der Waals surface area contributed by atoms with Crippen LogP contribution in [0.15, 0.2) is 17.0 Å². The van der Waals surface area contributed by atoms with E-state index >= 15 is 0 Å². The molecule has 2 rings (SSSR count). The number of nitrogens with one attached hydrogen (secondary N) is 1. The van der Waals surface area contributed by atoms with E-state index in [2.05, 4.69) is 5.32 Å². The maximum atomic E-state index is 12.3. The second-order valence-corrected chi connectivity index (χ2v) is 8.75. The lowest BCUT2D eigenvalue weighted by atomic mass is 10.00. The normalized spacial score (nSPS) is 17.7. The van der Waals surface area contributed by atoms with E-state index in [-0.39, 0.29) is 32.0 Å². The minimum Gasteiger partial charge on any atom is -0.347 e. The van der Waals surface area contributed by atoms with Crippen LogP contribution in [0.4, 0.5) is 0 Å². The van der Waals surface area contributed by atoms with Crippen LogP contribution in [-0.2, 0) is 9.05 Å². The number of benzene rings is 1. The van der Waals surface area contributed by atoms with Crippen molar-refractivity contribution >= 4 is 48.8 Å². The van der Waals surface area contributed by atoms with Crippen molar-refractivity contribution in [2.24, 2.45) is 0 Å². The third kappa shape index (κ3) is 3.83. The first-order valence-electron chi connectivity index (χ1n) is 6.39. The van der Waals surface area contributed by atoms with E-state index < -0.39 is 9.05 Å². The number of hydrogen-bond donors (Lipinski definition) is 1. The Morgan fingerprint density at radius 1 is 1.24 bits per heavy atom. The fourth-order valence-electron chi connectivity index (χ4n) is 2.50. The molecule has 1 fully saturated rings. The van der Waals surface area contributed by atoms with Gasteiger partial charge < -0.3 is 5.32 Å². The lowest BCUT2D eigenvalue weighted by Gasteiger charge is -2.25. The Hall–Kier alpha value is -0.490. The van der Waals surface area contributed by atoms with Gasteiger partial charge in [-0.25, -0.2) is 8.42 Å². The highest BCUT2D eigenvalue weighted by atomic mass is 35.7. The van der Waals surface area contributed by atoms with E-state index in [9.17, 15) is 13.2 Å². The van der Waals surface area contributed by atoms with Crippen molar-refractivity contribution in [1.29, 1.82) is 0 Å². The van der Waals surface area contributed by atoms with Gasteiger partial charge in [-0.3, -0.25) is 4.79 Å². The van der Waals surface area contributed by atoms with E-state index in [1.165, 1.54) is 6.07 Å². The zero-order valence-corrected chi connectivity index (χ0v) is 14.3. The van der Waals surface area contributed by atoms with Gasteiger partial charge in [-0.1, -0.05) is 36.0 Å². The SMILES string of the molecule is CC1(NC(=O)c2cc(Cl)c(Cl)c(S(=O)(=O)Cl)c2)CCCC1. The predicted molar refractivity (Wildman–Crippen MR) is 83.8 cm³/mol. The van der Waals surface area contributed by atoms with Crippen molar-refractivity contribution in [1.82, 2.24) is 5.32 Å². The molecule has 8 heteroatoms. The molecule has 0 unspecified atom stereocenters. The van der Waals surface area contributed by atoms with Gasteiger partial charge in [0, 0.05) is 21.8 Å². The van der Waals surface area contributed by atoms with Crippen molar-refractivity contribution in [3.63, 3.8) is 0 Å². The zero-order valence-electron chi connectivity index (χ0n) is 11.3. The summed E-state index contributed by atoms with van der Waals surface area (Å²) >= 11 is 11.7. The van der Waals surface area contributed by atoms with E-state index in [0.29, 0.717) is 0 Å². The Bertz CT molecular complexity index is 682. The summed E-state index contributed by atoms with van der Waals surface area (Å²) in [6.45, 7) is 1.97. The van der Waals surface area contributed by atoms with Crippen molar-refractivity contribution in [2.45, 2.75) is 43.0 Å². The maximum absolute atomic E-state index is 12.3. The smallest absolute Gasteiger partial charge is 0.262 e. The largest absolute Gasteiger partial charge is 0.347 e. The van der Waals surface area contributed by atoms with Crippen LogP contribution in [0.25, 0.3) is 0 Å². The molecule has 116 valence electrons. The van der Waals surface area contributed by atoms with Crippen molar-refractivity contribution in [2.75, 3.05) is 0 Å². The minimum atomic E-state index is -4.08. The number of carbonyl (C=O) groups excluding carboxylic acids is 1. The van der Waals surface area contributed by atoms with Crippen LogP contribution < -0.4 is 5.32 Å². The number of carbonyl (C=O) groups is 1. The highest BCUT2D eigenvalue weighted by Gasteiger charge is 2.31. The van der Waals surface area contributed by atoms with E-state index in [4.69, 9.17) is 33.9 Å².